The summed E-state index contributed by atoms with van der Waals surface area (Å²) in [5, 5.41) is 21.7. The Morgan fingerprint density at radius 1 is 1.21 bits per heavy atom. The molecule has 0 radical (unpaired) electrons. The van der Waals surface area contributed by atoms with Gasteiger partial charge in [-0.3, -0.25) is 14.9 Å². The fourth-order valence-electron chi connectivity index (χ4n) is 3.20. The Labute approximate surface area is 170 Å². The molecule has 0 bridgehead atoms. The highest BCUT2D eigenvalue weighted by molar-refractivity contribution is 6.30. The molecule has 0 saturated heterocycles. The topological polar surface area (TPSA) is 115 Å². The second-order valence-corrected chi connectivity index (χ2v) is 6.84. The van der Waals surface area contributed by atoms with Crippen LogP contribution in [0.15, 0.2) is 66.1 Å². The number of nitro benzene ring substituents is 1. The Morgan fingerprint density at radius 3 is 2.55 bits per heavy atom. The number of nitrogens with one attached hydrogen (secondary N) is 2. The lowest BCUT2D eigenvalue weighted by atomic mass is 9.95. The highest BCUT2D eigenvalue weighted by Crippen LogP contribution is 2.35. The maximum absolute atomic E-state index is 13.1. The normalized spacial score (nSPS) is 15.4. The Hall–Kier alpha value is -3.72. The quantitative estimate of drug-likeness (QED) is 0.499. The van der Waals surface area contributed by atoms with Crippen LogP contribution in [0.3, 0.4) is 0 Å². The third-order valence-electron chi connectivity index (χ3n) is 4.56. The van der Waals surface area contributed by atoms with Gasteiger partial charge in [-0.25, -0.2) is 4.68 Å². The molecule has 10 heteroatoms. The molecule has 29 heavy (non-hydrogen) atoms. The molecule has 0 saturated carbocycles. The number of benzene rings is 2. The van der Waals surface area contributed by atoms with E-state index in [1.54, 1.807) is 48.0 Å². The zero-order chi connectivity index (χ0) is 20.5. The van der Waals surface area contributed by atoms with E-state index in [1.165, 1.54) is 18.5 Å². The number of rotatable bonds is 4. The van der Waals surface area contributed by atoms with Gasteiger partial charge in [-0.15, -0.1) is 0 Å². The van der Waals surface area contributed by atoms with Gasteiger partial charge in [-0.2, -0.15) is 10.1 Å². The van der Waals surface area contributed by atoms with Crippen LogP contribution in [0.25, 0.3) is 0 Å². The number of anilines is 2. The third kappa shape index (κ3) is 3.55. The molecule has 9 nitrogen and oxygen atoms in total. The molecule has 1 unspecified atom stereocenters. The summed E-state index contributed by atoms with van der Waals surface area (Å²) >= 11 is 5.90. The SMILES string of the molecule is CC1=C(C(=O)Nc2ccc(Cl)cc2)C(c2ccc([N+](=O)[O-])cc2)n2ncnc2N1. The molecule has 2 heterocycles. The average Bonchev–Trinajstić information content (AvgIpc) is 3.16. The summed E-state index contributed by atoms with van der Waals surface area (Å²) < 4.78 is 1.57. The van der Waals surface area contributed by atoms with Gasteiger partial charge < -0.3 is 10.6 Å². The van der Waals surface area contributed by atoms with Crippen molar-refractivity contribution in [3.8, 4) is 0 Å². The summed E-state index contributed by atoms with van der Waals surface area (Å²) in [5.41, 5.74) is 2.26. The fraction of sp³-hybridized carbons (Fsp3) is 0.105. The van der Waals surface area contributed by atoms with Crippen LogP contribution >= 0.6 is 11.6 Å². The van der Waals surface area contributed by atoms with E-state index in [9.17, 15) is 14.9 Å². The van der Waals surface area contributed by atoms with E-state index in [0.29, 0.717) is 33.5 Å². The molecule has 0 spiro atoms. The number of halogens is 1. The minimum Gasteiger partial charge on any atom is -0.328 e. The summed E-state index contributed by atoms with van der Waals surface area (Å²) in [4.78, 5) is 27.8. The third-order valence-corrected chi connectivity index (χ3v) is 4.81. The maximum atomic E-state index is 13.1. The number of amides is 1. The summed E-state index contributed by atoms with van der Waals surface area (Å²) in [6, 6.07) is 12.2. The van der Waals surface area contributed by atoms with E-state index in [4.69, 9.17) is 11.6 Å². The van der Waals surface area contributed by atoms with Crippen LogP contribution < -0.4 is 10.6 Å². The standard InChI is InChI=1S/C19H15ClN6O3/c1-11-16(18(27)24-14-6-4-13(20)5-7-14)17(25-19(23-11)21-10-22-25)12-2-8-15(9-3-12)26(28)29/h2-10,17H,1H3,(H,24,27)(H,21,22,23). The van der Waals surface area contributed by atoms with Crippen molar-refractivity contribution in [3.63, 3.8) is 0 Å². The minimum absolute atomic E-state index is 0.0330. The number of non-ortho nitro benzene ring substituents is 1. The van der Waals surface area contributed by atoms with Crippen molar-refractivity contribution in [3.05, 3.63) is 86.8 Å². The molecule has 0 aliphatic carbocycles. The summed E-state index contributed by atoms with van der Waals surface area (Å²) in [7, 11) is 0. The van der Waals surface area contributed by atoms with Gasteiger partial charge in [-0.05, 0) is 48.9 Å². The Morgan fingerprint density at radius 2 is 1.90 bits per heavy atom. The number of nitro groups is 1. The maximum Gasteiger partial charge on any atom is 0.269 e. The van der Waals surface area contributed by atoms with Crippen LogP contribution in [0.5, 0.6) is 0 Å². The van der Waals surface area contributed by atoms with Crippen molar-refractivity contribution in [1.82, 2.24) is 14.8 Å². The number of hydrogen-bond acceptors (Lipinski definition) is 6. The molecule has 1 amide bonds. The predicted octanol–water partition coefficient (Wildman–Crippen LogP) is 3.77. The van der Waals surface area contributed by atoms with Gasteiger partial charge in [0.1, 0.15) is 12.4 Å². The second-order valence-electron chi connectivity index (χ2n) is 6.40. The van der Waals surface area contributed by atoms with Gasteiger partial charge >= 0.3 is 0 Å². The smallest absolute Gasteiger partial charge is 0.269 e. The first kappa shape index (κ1) is 18.6. The molecule has 1 aliphatic heterocycles. The van der Waals surface area contributed by atoms with E-state index in [-0.39, 0.29) is 11.6 Å². The van der Waals surface area contributed by atoms with Gasteiger partial charge in [0, 0.05) is 28.5 Å². The molecule has 0 fully saturated rings. The Balaban J connectivity index is 1.74. The number of carbonyl (C=O) groups is 1. The van der Waals surface area contributed by atoms with Gasteiger partial charge in [0.05, 0.1) is 10.5 Å². The first-order valence-electron chi connectivity index (χ1n) is 8.62. The lowest BCUT2D eigenvalue weighted by Crippen LogP contribution is -2.31. The van der Waals surface area contributed by atoms with Gasteiger partial charge in [0.15, 0.2) is 0 Å². The molecule has 3 aromatic rings. The van der Waals surface area contributed by atoms with Crippen LogP contribution in [0, 0.1) is 10.1 Å². The fourth-order valence-corrected chi connectivity index (χ4v) is 3.33. The molecule has 146 valence electrons. The number of carbonyl (C=O) groups excluding carboxylic acids is 1. The molecular weight excluding hydrogens is 396 g/mol. The number of fused-ring (bicyclic) bond motifs is 1. The zero-order valence-electron chi connectivity index (χ0n) is 15.2. The first-order chi connectivity index (χ1) is 13.9. The molecule has 2 aromatic carbocycles. The Bertz CT molecular complexity index is 1120. The van der Waals surface area contributed by atoms with Crippen molar-refractivity contribution in [1.29, 1.82) is 0 Å². The van der Waals surface area contributed by atoms with Crippen LogP contribution in [-0.4, -0.2) is 25.6 Å². The molecular formula is C19H15ClN6O3. The largest absolute Gasteiger partial charge is 0.328 e. The number of aromatic nitrogens is 3. The zero-order valence-corrected chi connectivity index (χ0v) is 15.9. The molecule has 1 atom stereocenters. The predicted molar refractivity (Wildman–Crippen MR) is 108 cm³/mol. The van der Waals surface area contributed by atoms with Crippen LogP contribution in [0.1, 0.15) is 18.5 Å². The van der Waals surface area contributed by atoms with Crippen molar-refractivity contribution >= 4 is 34.8 Å². The van der Waals surface area contributed by atoms with Gasteiger partial charge in [0.25, 0.3) is 11.6 Å². The first-order valence-corrected chi connectivity index (χ1v) is 9.00. The molecule has 1 aromatic heterocycles. The number of nitrogens with zero attached hydrogens (tertiary/aromatic N) is 4. The van der Waals surface area contributed by atoms with Gasteiger partial charge in [0.2, 0.25) is 5.95 Å². The summed E-state index contributed by atoms with van der Waals surface area (Å²) in [6.45, 7) is 1.77. The number of allylic oxidation sites excluding steroid dienone is 1. The monoisotopic (exact) mass is 410 g/mol. The van der Waals surface area contributed by atoms with E-state index in [1.807, 2.05) is 0 Å². The van der Waals surface area contributed by atoms with Gasteiger partial charge in [-0.1, -0.05) is 11.6 Å². The van der Waals surface area contributed by atoms with E-state index in [0.717, 1.165) is 0 Å². The van der Waals surface area contributed by atoms with Crippen LogP contribution in [0.2, 0.25) is 5.02 Å². The Kier molecular flexibility index (Phi) is 4.73. The minimum atomic E-state index is -0.596. The van der Waals surface area contributed by atoms with E-state index >= 15 is 0 Å². The highest BCUT2D eigenvalue weighted by atomic mass is 35.5. The van der Waals surface area contributed by atoms with Crippen molar-refractivity contribution in [2.24, 2.45) is 0 Å². The lowest BCUT2D eigenvalue weighted by molar-refractivity contribution is -0.384. The van der Waals surface area contributed by atoms with Crippen molar-refractivity contribution in [2.45, 2.75) is 13.0 Å². The van der Waals surface area contributed by atoms with Crippen molar-refractivity contribution < 1.29 is 9.72 Å². The summed E-state index contributed by atoms with van der Waals surface area (Å²) in [6.07, 6.45) is 1.38. The summed E-state index contributed by atoms with van der Waals surface area (Å²) in [5.74, 6) is 0.149. The molecule has 2 N–H and O–H groups in total. The van der Waals surface area contributed by atoms with Crippen molar-refractivity contribution in [2.75, 3.05) is 10.6 Å². The second kappa shape index (κ2) is 7.36. The van der Waals surface area contributed by atoms with E-state index in [2.05, 4.69) is 20.7 Å². The molecule has 4 rings (SSSR count). The van der Waals surface area contributed by atoms with Crippen LogP contribution in [0.4, 0.5) is 17.3 Å². The number of hydrogen-bond donors (Lipinski definition) is 2. The average molecular weight is 411 g/mol. The van der Waals surface area contributed by atoms with Crippen LogP contribution in [-0.2, 0) is 4.79 Å². The lowest BCUT2D eigenvalue weighted by Gasteiger charge is -2.28. The van der Waals surface area contributed by atoms with E-state index < -0.39 is 11.0 Å². The highest BCUT2D eigenvalue weighted by Gasteiger charge is 2.33. The molecule has 1 aliphatic rings.